The van der Waals surface area contributed by atoms with Crippen LogP contribution in [0.5, 0.6) is 0 Å². The number of nitrogens with zero attached hydrogens (tertiary/aromatic N) is 2. The van der Waals surface area contributed by atoms with Crippen molar-refractivity contribution in [2.75, 3.05) is 7.11 Å². The number of hydrogen-bond acceptors (Lipinski definition) is 3. The first kappa shape index (κ1) is 8.52. The van der Waals surface area contributed by atoms with Crippen LogP contribution in [0.2, 0.25) is 0 Å². The monoisotopic (exact) mass is 166 g/mol. The van der Waals surface area contributed by atoms with Gasteiger partial charge in [0, 0.05) is 31.3 Å². The van der Waals surface area contributed by atoms with Crippen molar-refractivity contribution in [1.29, 1.82) is 0 Å². The van der Waals surface area contributed by atoms with Gasteiger partial charge in [-0.1, -0.05) is 0 Å². The second-order valence-corrected chi connectivity index (χ2v) is 2.26. The molecule has 0 amide bonds. The first-order valence-electron chi connectivity index (χ1n) is 3.51. The summed E-state index contributed by atoms with van der Waals surface area (Å²) in [4.78, 5) is 8.79. The van der Waals surface area contributed by atoms with Gasteiger partial charge >= 0.3 is 0 Å². The van der Waals surface area contributed by atoms with Crippen LogP contribution >= 0.6 is 0 Å². The highest BCUT2D eigenvalue weighted by atomic mass is 16.9. The van der Waals surface area contributed by atoms with Crippen molar-refractivity contribution in [3.8, 4) is 0 Å². The van der Waals surface area contributed by atoms with E-state index in [-0.39, 0.29) is 0 Å². The molecule has 0 atom stereocenters. The predicted molar refractivity (Wildman–Crippen MR) is 44.7 cm³/mol. The molecule has 0 radical (unpaired) electrons. The summed E-state index contributed by atoms with van der Waals surface area (Å²) in [5.74, 6) is 0. The van der Waals surface area contributed by atoms with Gasteiger partial charge in [0.25, 0.3) is 0 Å². The van der Waals surface area contributed by atoms with Gasteiger partial charge in [0.15, 0.2) is 0 Å². The number of pyridine rings is 1. The van der Waals surface area contributed by atoms with Gasteiger partial charge in [-0.3, -0.25) is 10.2 Å². The van der Waals surface area contributed by atoms with Crippen LogP contribution in [-0.2, 0) is 4.84 Å². The Morgan fingerprint density at radius 1 is 1.50 bits per heavy atom. The molecule has 0 bridgehead atoms. The normalized spacial score (nSPS) is 12.2. The van der Waals surface area contributed by atoms with Crippen LogP contribution in [0.25, 0.3) is 0 Å². The maximum Gasteiger partial charge on any atom is 0.249 e. The van der Waals surface area contributed by atoms with Crippen LogP contribution in [0, 0.1) is 5.21 Å². The molecule has 1 aromatic heterocycles. The predicted octanol–water partition coefficient (Wildman–Crippen LogP) is 0.962. The van der Waals surface area contributed by atoms with Crippen LogP contribution in [0.4, 0.5) is 0 Å². The summed E-state index contributed by atoms with van der Waals surface area (Å²) in [5, 5.41) is 10.9. The molecule has 64 valence electrons. The Kier molecular flexibility index (Phi) is 2.63. The number of aromatic nitrogens is 1. The minimum absolute atomic E-state index is 0.468. The molecule has 0 fully saturated rings. The average Bonchev–Trinajstić information content (AvgIpc) is 2.17. The second kappa shape index (κ2) is 3.71. The van der Waals surface area contributed by atoms with Crippen molar-refractivity contribution in [3.05, 3.63) is 35.3 Å². The Balaban J connectivity index is 3.00. The summed E-state index contributed by atoms with van der Waals surface area (Å²) in [5.41, 5.74) is 1.32. The van der Waals surface area contributed by atoms with Crippen molar-refractivity contribution in [1.82, 2.24) is 4.98 Å². The first-order chi connectivity index (χ1) is 5.75. The molecule has 12 heavy (non-hydrogen) atoms. The van der Waals surface area contributed by atoms with Gasteiger partial charge in [0.1, 0.15) is 0 Å². The van der Waals surface area contributed by atoms with E-state index in [4.69, 9.17) is 0 Å². The van der Waals surface area contributed by atoms with Gasteiger partial charge in [-0.2, -0.15) is 0 Å². The van der Waals surface area contributed by atoms with E-state index < -0.39 is 0 Å². The fourth-order valence-electron chi connectivity index (χ4n) is 0.835. The van der Waals surface area contributed by atoms with Crippen molar-refractivity contribution < 1.29 is 9.74 Å². The molecule has 0 aliphatic rings. The molecule has 0 saturated carbocycles. The zero-order chi connectivity index (χ0) is 8.97. The average molecular weight is 166 g/mol. The van der Waals surface area contributed by atoms with E-state index in [0.717, 1.165) is 5.56 Å². The quantitative estimate of drug-likeness (QED) is 0.373. The van der Waals surface area contributed by atoms with Crippen molar-refractivity contribution >= 4 is 5.71 Å². The van der Waals surface area contributed by atoms with Crippen molar-refractivity contribution in [2.45, 2.75) is 6.92 Å². The van der Waals surface area contributed by atoms with E-state index >= 15 is 0 Å². The molecule has 0 unspecified atom stereocenters. The molecular formula is C8H10N2O2. The molecule has 0 spiro atoms. The largest absolute Gasteiger partial charge is 0.406 e. The molecule has 1 rings (SSSR count). The highest BCUT2D eigenvalue weighted by molar-refractivity contribution is 5.94. The Morgan fingerprint density at radius 3 is 2.58 bits per heavy atom. The molecule has 1 heterocycles. The summed E-state index contributed by atoms with van der Waals surface area (Å²) in [7, 11) is 1.33. The Morgan fingerprint density at radius 2 is 2.08 bits per heavy atom. The van der Waals surface area contributed by atoms with Gasteiger partial charge in [0.05, 0.1) is 5.56 Å². The molecule has 4 nitrogen and oxygen atoms in total. The number of hydrogen-bond donors (Lipinski definition) is 0. The lowest BCUT2D eigenvalue weighted by molar-refractivity contribution is -0.733. The molecule has 0 N–H and O–H groups in total. The highest BCUT2D eigenvalue weighted by Crippen LogP contribution is 1.98. The van der Waals surface area contributed by atoms with E-state index in [9.17, 15) is 5.21 Å². The molecule has 0 aromatic carbocycles. The summed E-state index contributed by atoms with van der Waals surface area (Å²) >= 11 is 0. The van der Waals surface area contributed by atoms with Crippen LogP contribution in [0.15, 0.2) is 24.5 Å². The van der Waals surface area contributed by atoms with E-state index in [1.807, 2.05) is 0 Å². The fraction of sp³-hybridized carbons (Fsp3) is 0.250. The van der Waals surface area contributed by atoms with Crippen LogP contribution < -0.4 is 0 Å². The Bertz CT molecular complexity index is 282. The summed E-state index contributed by atoms with van der Waals surface area (Å²) in [6, 6.07) is 3.50. The van der Waals surface area contributed by atoms with E-state index in [2.05, 4.69) is 9.82 Å². The van der Waals surface area contributed by atoms with Gasteiger partial charge in [-0.15, -0.1) is 0 Å². The third-order valence-electron chi connectivity index (χ3n) is 1.54. The fourth-order valence-corrected chi connectivity index (χ4v) is 0.835. The third kappa shape index (κ3) is 1.72. The minimum atomic E-state index is 0.468. The first-order valence-corrected chi connectivity index (χ1v) is 3.51. The maximum absolute atomic E-state index is 10.9. The van der Waals surface area contributed by atoms with Gasteiger partial charge in [-0.05, 0) is 12.1 Å². The van der Waals surface area contributed by atoms with Gasteiger partial charge in [0.2, 0.25) is 5.71 Å². The van der Waals surface area contributed by atoms with E-state index in [1.54, 1.807) is 31.5 Å². The lowest BCUT2D eigenvalue weighted by atomic mass is 10.2. The van der Waals surface area contributed by atoms with E-state index in [0.29, 0.717) is 10.6 Å². The van der Waals surface area contributed by atoms with Crippen molar-refractivity contribution in [3.63, 3.8) is 0 Å². The van der Waals surface area contributed by atoms with Gasteiger partial charge < -0.3 is 4.84 Å². The number of rotatable bonds is 2. The molecule has 0 aliphatic carbocycles. The highest BCUT2D eigenvalue weighted by Gasteiger charge is 2.06. The lowest BCUT2D eigenvalue weighted by Gasteiger charge is -2.00. The zero-order valence-corrected chi connectivity index (χ0v) is 7.02. The van der Waals surface area contributed by atoms with Crippen LogP contribution in [-0.4, -0.2) is 22.7 Å². The summed E-state index contributed by atoms with van der Waals surface area (Å²) in [6.45, 7) is 1.69. The van der Waals surface area contributed by atoms with E-state index in [1.165, 1.54) is 7.11 Å². The lowest BCUT2D eigenvalue weighted by Crippen LogP contribution is -2.12. The standard InChI is InChI=1S/C8H10N2O2/c1-7(10(11)12-2)8-3-5-9-6-4-8/h3-6H,1-2H3/b10-7+. The van der Waals surface area contributed by atoms with Crippen LogP contribution in [0.1, 0.15) is 12.5 Å². The molecular weight excluding hydrogens is 156 g/mol. The van der Waals surface area contributed by atoms with Gasteiger partial charge in [-0.25, -0.2) is 0 Å². The SMILES string of the molecule is CO/[N+]([O-])=C(\C)c1ccncc1. The minimum Gasteiger partial charge on any atom is -0.406 e. The third-order valence-corrected chi connectivity index (χ3v) is 1.54. The molecule has 0 aliphatic heterocycles. The summed E-state index contributed by atoms with van der Waals surface area (Å²) in [6.07, 6.45) is 3.25. The van der Waals surface area contributed by atoms with Crippen molar-refractivity contribution in [2.24, 2.45) is 0 Å². The summed E-state index contributed by atoms with van der Waals surface area (Å²) < 4.78 is 0. The Hall–Kier alpha value is -1.58. The second-order valence-electron chi connectivity index (χ2n) is 2.26. The van der Waals surface area contributed by atoms with Crippen LogP contribution in [0.3, 0.4) is 0 Å². The molecule has 4 heteroatoms. The smallest absolute Gasteiger partial charge is 0.249 e. The maximum atomic E-state index is 10.9. The molecule has 0 saturated heterocycles. The Labute approximate surface area is 70.7 Å². The topological polar surface area (TPSA) is 48.2 Å². The zero-order valence-electron chi connectivity index (χ0n) is 7.02. The molecule has 1 aromatic rings.